The molecule has 102 valence electrons. The smallest absolute Gasteiger partial charge is 0.313 e. The summed E-state index contributed by atoms with van der Waals surface area (Å²) in [6.07, 6.45) is 0.164. The standard InChI is InChI=1S/C13H17N3O3/c1-16(2)11(17)8-9-14-12(18)13(19)15-10-6-4-3-5-7-10/h3-7H,8-9H2,1-2H3,(H,14,18)(H,15,19). The van der Waals surface area contributed by atoms with Gasteiger partial charge in [0.2, 0.25) is 5.91 Å². The Morgan fingerprint density at radius 2 is 1.68 bits per heavy atom. The molecule has 0 saturated carbocycles. The minimum atomic E-state index is -0.754. The molecule has 0 aromatic heterocycles. The van der Waals surface area contributed by atoms with Gasteiger partial charge in [0.15, 0.2) is 0 Å². The van der Waals surface area contributed by atoms with Gasteiger partial charge in [-0.05, 0) is 12.1 Å². The Hall–Kier alpha value is -2.37. The second-order valence-corrected chi connectivity index (χ2v) is 4.11. The highest BCUT2D eigenvalue weighted by Gasteiger charge is 2.13. The molecule has 0 aliphatic carbocycles. The summed E-state index contributed by atoms with van der Waals surface area (Å²) in [5.41, 5.74) is 0.548. The van der Waals surface area contributed by atoms with Gasteiger partial charge >= 0.3 is 11.8 Å². The van der Waals surface area contributed by atoms with E-state index in [2.05, 4.69) is 10.6 Å². The highest BCUT2D eigenvalue weighted by molar-refractivity contribution is 6.39. The Kier molecular flexibility index (Phi) is 5.53. The van der Waals surface area contributed by atoms with Crippen LogP contribution < -0.4 is 10.6 Å². The molecular weight excluding hydrogens is 246 g/mol. The van der Waals surface area contributed by atoms with E-state index in [4.69, 9.17) is 0 Å². The first-order valence-corrected chi connectivity index (χ1v) is 5.85. The van der Waals surface area contributed by atoms with Crippen molar-refractivity contribution in [2.24, 2.45) is 0 Å². The Balaban J connectivity index is 2.34. The highest BCUT2D eigenvalue weighted by atomic mass is 16.2. The van der Waals surface area contributed by atoms with Crippen molar-refractivity contribution >= 4 is 23.4 Å². The molecule has 0 spiro atoms. The molecule has 1 rings (SSSR count). The number of carbonyl (C=O) groups excluding carboxylic acids is 3. The van der Waals surface area contributed by atoms with Crippen LogP contribution in [-0.2, 0) is 14.4 Å². The number of anilines is 1. The quantitative estimate of drug-likeness (QED) is 0.763. The lowest BCUT2D eigenvalue weighted by atomic mass is 10.3. The summed E-state index contributed by atoms with van der Waals surface area (Å²) in [5, 5.41) is 4.85. The van der Waals surface area contributed by atoms with Gasteiger partial charge in [-0.2, -0.15) is 0 Å². The highest BCUT2D eigenvalue weighted by Crippen LogP contribution is 2.04. The maximum absolute atomic E-state index is 11.5. The van der Waals surface area contributed by atoms with E-state index in [1.807, 2.05) is 6.07 Å². The fourth-order valence-electron chi connectivity index (χ4n) is 1.30. The van der Waals surface area contributed by atoms with Crippen LogP contribution in [0.25, 0.3) is 0 Å². The number of amides is 3. The maximum atomic E-state index is 11.5. The summed E-state index contributed by atoms with van der Waals surface area (Å²) in [7, 11) is 3.26. The molecule has 0 aliphatic rings. The topological polar surface area (TPSA) is 78.5 Å². The first-order valence-electron chi connectivity index (χ1n) is 5.85. The second-order valence-electron chi connectivity index (χ2n) is 4.11. The van der Waals surface area contributed by atoms with Gasteiger partial charge < -0.3 is 15.5 Å². The van der Waals surface area contributed by atoms with Gasteiger partial charge in [-0.3, -0.25) is 14.4 Å². The van der Waals surface area contributed by atoms with Crippen molar-refractivity contribution < 1.29 is 14.4 Å². The number of hydrogen-bond donors (Lipinski definition) is 2. The molecule has 0 atom stereocenters. The van der Waals surface area contributed by atoms with Crippen LogP contribution in [0.3, 0.4) is 0 Å². The molecule has 0 unspecified atom stereocenters. The lowest BCUT2D eigenvalue weighted by molar-refractivity contribution is -0.136. The molecule has 0 bridgehead atoms. The number of hydrogen-bond acceptors (Lipinski definition) is 3. The molecule has 0 aliphatic heterocycles. The lowest BCUT2D eigenvalue weighted by Crippen LogP contribution is -2.37. The van der Waals surface area contributed by atoms with Crippen LogP contribution in [0.4, 0.5) is 5.69 Å². The normalized spacial score (nSPS) is 9.58. The van der Waals surface area contributed by atoms with Gasteiger partial charge in [-0.15, -0.1) is 0 Å². The molecule has 3 amide bonds. The summed E-state index contributed by atoms with van der Waals surface area (Å²) in [6, 6.07) is 8.68. The first-order chi connectivity index (χ1) is 9.00. The van der Waals surface area contributed by atoms with E-state index in [1.165, 1.54) is 4.90 Å². The van der Waals surface area contributed by atoms with E-state index in [0.717, 1.165) is 0 Å². The Morgan fingerprint density at radius 1 is 1.05 bits per heavy atom. The number of benzene rings is 1. The zero-order valence-electron chi connectivity index (χ0n) is 11.0. The van der Waals surface area contributed by atoms with Crippen molar-refractivity contribution in [2.75, 3.05) is 26.0 Å². The fourth-order valence-corrected chi connectivity index (χ4v) is 1.30. The minimum absolute atomic E-state index is 0.108. The van der Waals surface area contributed by atoms with E-state index < -0.39 is 11.8 Å². The summed E-state index contributed by atoms with van der Waals surface area (Å²) < 4.78 is 0. The maximum Gasteiger partial charge on any atom is 0.313 e. The van der Waals surface area contributed by atoms with Crippen LogP contribution in [0.1, 0.15) is 6.42 Å². The molecule has 0 radical (unpaired) electrons. The second kappa shape index (κ2) is 7.15. The molecule has 2 N–H and O–H groups in total. The molecule has 1 aromatic carbocycles. The predicted molar refractivity (Wildman–Crippen MR) is 71.4 cm³/mol. The van der Waals surface area contributed by atoms with Crippen molar-refractivity contribution in [3.63, 3.8) is 0 Å². The van der Waals surface area contributed by atoms with Crippen LogP contribution in [0.5, 0.6) is 0 Å². The van der Waals surface area contributed by atoms with Crippen LogP contribution >= 0.6 is 0 Å². The molecule has 6 heteroatoms. The number of nitrogens with zero attached hydrogens (tertiary/aromatic N) is 1. The van der Waals surface area contributed by atoms with Gasteiger partial charge in [0.1, 0.15) is 0 Å². The van der Waals surface area contributed by atoms with E-state index in [-0.39, 0.29) is 18.9 Å². The third-order valence-corrected chi connectivity index (χ3v) is 2.36. The van der Waals surface area contributed by atoms with Gasteiger partial charge in [0.05, 0.1) is 0 Å². The number of nitrogens with one attached hydrogen (secondary N) is 2. The first kappa shape index (κ1) is 14.7. The van der Waals surface area contributed by atoms with Crippen LogP contribution in [0.15, 0.2) is 30.3 Å². The zero-order chi connectivity index (χ0) is 14.3. The van der Waals surface area contributed by atoms with Gasteiger partial charge in [-0.25, -0.2) is 0 Å². The van der Waals surface area contributed by atoms with E-state index in [1.54, 1.807) is 38.4 Å². The van der Waals surface area contributed by atoms with E-state index >= 15 is 0 Å². The number of rotatable bonds is 4. The summed E-state index contributed by atoms with van der Waals surface area (Å²) in [6.45, 7) is 0.137. The van der Waals surface area contributed by atoms with Gasteiger partial charge in [0.25, 0.3) is 0 Å². The van der Waals surface area contributed by atoms with Crippen LogP contribution in [-0.4, -0.2) is 43.3 Å². The number of para-hydroxylation sites is 1. The lowest BCUT2D eigenvalue weighted by Gasteiger charge is -2.10. The third-order valence-electron chi connectivity index (χ3n) is 2.36. The Bertz CT molecular complexity index is 457. The zero-order valence-corrected chi connectivity index (χ0v) is 11.0. The molecule has 6 nitrogen and oxygen atoms in total. The molecule has 0 fully saturated rings. The predicted octanol–water partition coefficient (Wildman–Crippen LogP) is 0.220. The molecule has 19 heavy (non-hydrogen) atoms. The van der Waals surface area contributed by atoms with Crippen molar-refractivity contribution in [3.8, 4) is 0 Å². The van der Waals surface area contributed by atoms with Gasteiger partial charge in [0, 0.05) is 32.7 Å². The molecular formula is C13H17N3O3. The summed E-state index contributed by atoms with van der Waals surface area (Å²) >= 11 is 0. The van der Waals surface area contributed by atoms with Crippen LogP contribution in [0.2, 0.25) is 0 Å². The average Bonchev–Trinajstić information content (AvgIpc) is 2.39. The molecule has 0 heterocycles. The van der Waals surface area contributed by atoms with Gasteiger partial charge in [-0.1, -0.05) is 18.2 Å². The summed E-state index contributed by atoms with van der Waals surface area (Å²) in [5.74, 6) is -1.61. The molecule has 0 saturated heterocycles. The molecule has 1 aromatic rings. The van der Waals surface area contributed by atoms with Crippen molar-refractivity contribution in [2.45, 2.75) is 6.42 Å². The SMILES string of the molecule is CN(C)C(=O)CCNC(=O)C(=O)Nc1ccccc1. The average molecular weight is 263 g/mol. The minimum Gasteiger partial charge on any atom is -0.349 e. The monoisotopic (exact) mass is 263 g/mol. The van der Waals surface area contributed by atoms with Crippen molar-refractivity contribution in [3.05, 3.63) is 30.3 Å². The Morgan fingerprint density at radius 3 is 2.26 bits per heavy atom. The fraction of sp³-hybridized carbons (Fsp3) is 0.308. The summed E-state index contributed by atoms with van der Waals surface area (Å²) in [4.78, 5) is 35.6. The van der Waals surface area contributed by atoms with Crippen molar-refractivity contribution in [1.82, 2.24) is 10.2 Å². The van der Waals surface area contributed by atoms with E-state index in [0.29, 0.717) is 5.69 Å². The third kappa shape index (κ3) is 5.20. The van der Waals surface area contributed by atoms with Crippen LogP contribution in [0, 0.1) is 0 Å². The number of carbonyl (C=O) groups is 3. The largest absolute Gasteiger partial charge is 0.349 e. The Labute approximate surface area is 111 Å². The van der Waals surface area contributed by atoms with Crippen molar-refractivity contribution in [1.29, 1.82) is 0 Å². The van der Waals surface area contributed by atoms with E-state index in [9.17, 15) is 14.4 Å².